The maximum Gasteiger partial charge on any atom is 0.195 e. The molecule has 5 rings (SSSR count). The maximum absolute atomic E-state index is 11.9. The van der Waals surface area contributed by atoms with Crippen molar-refractivity contribution in [3.63, 3.8) is 0 Å². The smallest absolute Gasteiger partial charge is 0.195 e. The molecule has 146 valence electrons. The standard InChI is InChI=1S/C23H30O4/c1-20-9-6-16(24)14-15(20)4-5-17-18(20)7-10-21(2)19(17)8-11-23(21,25)22(3)26-12-13-27-22/h4-6,9,14,17-19,25H,7-8,10-13H2,1-3H3/t17-,18+,19+,20+,21+,23-/m1/s1. The first-order valence-corrected chi connectivity index (χ1v) is 10.4. The van der Waals surface area contributed by atoms with Crippen LogP contribution in [-0.4, -0.2) is 35.5 Å². The van der Waals surface area contributed by atoms with Gasteiger partial charge in [0.15, 0.2) is 11.6 Å². The summed E-state index contributed by atoms with van der Waals surface area (Å²) in [4.78, 5) is 11.9. The van der Waals surface area contributed by atoms with Crippen LogP contribution in [0.5, 0.6) is 0 Å². The third-order valence-electron chi connectivity index (χ3n) is 8.86. The Balaban J connectivity index is 1.54. The van der Waals surface area contributed by atoms with Gasteiger partial charge in [-0.25, -0.2) is 0 Å². The van der Waals surface area contributed by atoms with Crippen molar-refractivity contribution in [2.45, 2.75) is 57.8 Å². The van der Waals surface area contributed by atoms with Crippen LogP contribution in [0.25, 0.3) is 0 Å². The van der Waals surface area contributed by atoms with Crippen LogP contribution in [0.1, 0.15) is 46.5 Å². The summed E-state index contributed by atoms with van der Waals surface area (Å²) in [6, 6.07) is 0. The fourth-order valence-corrected chi connectivity index (χ4v) is 7.17. The molecular weight excluding hydrogens is 340 g/mol. The first-order chi connectivity index (χ1) is 12.7. The molecule has 5 aliphatic rings. The summed E-state index contributed by atoms with van der Waals surface area (Å²) in [5.41, 5.74) is -0.138. The van der Waals surface area contributed by atoms with E-state index < -0.39 is 11.4 Å². The second-order valence-electron chi connectivity index (χ2n) is 9.77. The van der Waals surface area contributed by atoms with Gasteiger partial charge in [0.25, 0.3) is 0 Å². The van der Waals surface area contributed by atoms with Crippen molar-refractivity contribution in [3.05, 3.63) is 36.0 Å². The third-order valence-corrected chi connectivity index (χ3v) is 8.86. The third kappa shape index (κ3) is 2.07. The Kier molecular flexibility index (Phi) is 3.59. The molecule has 0 aromatic carbocycles. The second kappa shape index (κ2) is 5.43. The zero-order chi connectivity index (χ0) is 19.1. The molecule has 0 spiro atoms. The zero-order valence-corrected chi connectivity index (χ0v) is 16.5. The molecule has 0 amide bonds. The highest BCUT2D eigenvalue weighted by atomic mass is 16.7. The minimum atomic E-state index is -0.963. The number of allylic oxidation sites excluding steroid dienone is 6. The normalized spacial score (nSPS) is 50.1. The van der Waals surface area contributed by atoms with E-state index in [1.54, 1.807) is 12.2 Å². The van der Waals surface area contributed by atoms with E-state index in [1.807, 2.05) is 6.92 Å². The van der Waals surface area contributed by atoms with E-state index in [2.05, 4.69) is 32.1 Å². The van der Waals surface area contributed by atoms with Crippen molar-refractivity contribution in [1.29, 1.82) is 0 Å². The predicted molar refractivity (Wildman–Crippen MR) is 102 cm³/mol. The average Bonchev–Trinajstić information content (AvgIpc) is 3.19. The maximum atomic E-state index is 11.9. The number of rotatable bonds is 1. The number of ether oxygens (including phenoxy) is 2. The lowest BCUT2D eigenvalue weighted by Crippen LogP contribution is -2.63. The summed E-state index contributed by atoms with van der Waals surface area (Å²) < 4.78 is 11.9. The van der Waals surface area contributed by atoms with E-state index in [0.717, 1.165) is 31.3 Å². The number of hydrogen-bond donors (Lipinski definition) is 1. The summed E-state index contributed by atoms with van der Waals surface area (Å²) in [5.74, 6) is 0.448. The molecule has 0 aromatic rings. The molecule has 4 aliphatic carbocycles. The molecule has 1 heterocycles. The molecule has 0 radical (unpaired) electrons. The molecule has 4 heteroatoms. The molecule has 1 saturated heterocycles. The van der Waals surface area contributed by atoms with Gasteiger partial charge in [-0.05, 0) is 68.1 Å². The van der Waals surface area contributed by atoms with Gasteiger partial charge in [-0.1, -0.05) is 32.1 Å². The second-order valence-corrected chi connectivity index (χ2v) is 9.77. The van der Waals surface area contributed by atoms with E-state index in [9.17, 15) is 9.90 Å². The fourth-order valence-electron chi connectivity index (χ4n) is 7.17. The highest BCUT2D eigenvalue weighted by Crippen LogP contribution is 2.68. The number of ketones is 1. The Labute approximate surface area is 161 Å². The van der Waals surface area contributed by atoms with Crippen molar-refractivity contribution in [2.75, 3.05) is 13.2 Å². The molecular formula is C23H30O4. The molecule has 4 nitrogen and oxygen atoms in total. The summed E-state index contributed by atoms with van der Waals surface area (Å²) in [7, 11) is 0. The molecule has 1 aliphatic heterocycles. The van der Waals surface area contributed by atoms with Gasteiger partial charge in [0, 0.05) is 10.8 Å². The van der Waals surface area contributed by atoms with Crippen molar-refractivity contribution in [2.24, 2.45) is 28.6 Å². The van der Waals surface area contributed by atoms with E-state index in [0.29, 0.717) is 31.0 Å². The quantitative estimate of drug-likeness (QED) is 0.767. The summed E-state index contributed by atoms with van der Waals surface area (Å²) in [5, 5.41) is 11.9. The Bertz CT molecular complexity index is 773. The number of fused-ring (bicyclic) bond motifs is 5. The number of aliphatic hydroxyl groups is 1. The molecule has 27 heavy (non-hydrogen) atoms. The van der Waals surface area contributed by atoms with Crippen molar-refractivity contribution >= 4 is 5.78 Å². The molecule has 3 fully saturated rings. The van der Waals surface area contributed by atoms with Gasteiger partial charge < -0.3 is 14.6 Å². The first kappa shape index (κ1) is 17.8. The van der Waals surface area contributed by atoms with E-state index >= 15 is 0 Å². The van der Waals surface area contributed by atoms with Gasteiger partial charge in [0.05, 0.1) is 13.2 Å². The van der Waals surface area contributed by atoms with Crippen LogP contribution in [-0.2, 0) is 14.3 Å². The van der Waals surface area contributed by atoms with Crippen molar-refractivity contribution in [3.8, 4) is 0 Å². The largest absolute Gasteiger partial charge is 0.384 e. The van der Waals surface area contributed by atoms with Gasteiger partial charge in [0.2, 0.25) is 0 Å². The van der Waals surface area contributed by atoms with Crippen LogP contribution in [0.2, 0.25) is 0 Å². The van der Waals surface area contributed by atoms with Crippen LogP contribution in [0.3, 0.4) is 0 Å². The van der Waals surface area contributed by atoms with Crippen LogP contribution in [0.15, 0.2) is 36.0 Å². The predicted octanol–water partition coefficient (Wildman–Crippen LogP) is 3.56. The topological polar surface area (TPSA) is 55.8 Å². The molecule has 6 atom stereocenters. The first-order valence-electron chi connectivity index (χ1n) is 10.4. The van der Waals surface area contributed by atoms with Crippen molar-refractivity contribution in [1.82, 2.24) is 0 Å². The lowest BCUT2D eigenvalue weighted by atomic mass is 9.48. The van der Waals surface area contributed by atoms with Crippen LogP contribution in [0.4, 0.5) is 0 Å². The Morgan fingerprint density at radius 3 is 2.48 bits per heavy atom. The van der Waals surface area contributed by atoms with Crippen LogP contribution < -0.4 is 0 Å². The monoisotopic (exact) mass is 370 g/mol. The van der Waals surface area contributed by atoms with Crippen LogP contribution in [0, 0.1) is 28.6 Å². The molecule has 2 saturated carbocycles. The molecule has 0 bridgehead atoms. The summed E-state index contributed by atoms with van der Waals surface area (Å²) >= 11 is 0. The SMILES string of the molecule is CC1([C@@]2(O)CC[C@H]3[C@@H]4C=CC5=CC(=O)C=C[C@]5(C)[C@H]4CC[C@@]32C)OCCO1. The molecule has 0 unspecified atom stereocenters. The van der Waals surface area contributed by atoms with Crippen LogP contribution >= 0.6 is 0 Å². The minimum Gasteiger partial charge on any atom is -0.384 e. The lowest BCUT2D eigenvalue weighted by Gasteiger charge is -2.58. The average molecular weight is 370 g/mol. The Hall–Kier alpha value is -1.23. The lowest BCUT2D eigenvalue weighted by molar-refractivity contribution is -0.298. The van der Waals surface area contributed by atoms with Crippen molar-refractivity contribution < 1.29 is 19.4 Å². The summed E-state index contributed by atoms with van der Waals surface area (Å²) in [6.45, 7) is 7.55. The van der Waals surface area contributed by atoms with Gasteiger partial charge >= 0.3 is 0 Å². The number of carbonyl (C=O) groups excluding carboxylic acids is 1. The Morgan fingerprint density at radius 1 is 1.04 bits per heavy atom. The summed E-state index contributed by atoms with van der Waals surface area (Å²) in [6.07, 6.45) is 13.8. The van der Waals surface area contributed by atoms with Gasteiger partial charge in [-0.15, -0.1) is 0 Å². The van der Waals surface area contributed by atoms with Gasteiger partial charge in [-0.2, -0.15) is 0 Å². The molecule has 0 aromatic heterocycles. The molecule has 1 N–H and O–H groups in total. The fraction of sp³-hybridized carbons (Fsp3) is 0.696. The van der Waals surface area contributed by atoms with E-state index in [1.165, 1.54) is 0 Å². The van der Waals surface area contributed by atoms with Gasteiger partial charge in [-0.3, -0.25) is 4.79 Å². The van der Waals surface area contributed by atoms with Gasteiger partial charge in [0.1, 0.15) is 5.60 Å². The van der Waals surface area contributed by atoms with E-state index in [-0.39, 0.29) is 16.6 Å². The zero-order valence-electron chi connectivity index (χ0n) is 16.5. The minimum absolute atomic E-state index is 0.0837. The number of hydrogen-bond acceptors (Lipinski definition) is 4. The highest BCUT2D eigenvalue weighted by molar-refractivity contribution is 6.01. The highest BCUT2D eigenvalue weighted by Gasteiger charge is 2.70. The van der Waals surface area contributed by atoms with E-state index in [4.69, 9.17) is 9.47 Å². The number of carbonyl (C=O) groups is 1. The Morgan fingerprint density at radius 2 is 1.74 bits per heavy atom.